The Morgan fingerprint density at radius 1 is 1.26 bits per heavy atom. The highest BCUT2D eigenvalue weighted by Gasteiger charge is 2.23. The monoisotopic (exact) mass is 257 g/mol. The second-order valence-corrected chi connectivity index (χ2v) is 5.24. The van der Waals surface area contributed by atoms with Gasteiger partial charge in [-0.15, -0.1) is 0 Å². The first-order chi connectivity index (χ1) is 11.1. The average molecular weight is 257 g/mol. The molecular weight excluding hydrogens is 230 g/mol. The minimum atomic E-state index is -2.11. The summed E-state index contributed by atoms with van der Waals surface area (Å²) in [4.78, 5) is 0. The zero-order valence-corrected chi connectivity index (χ0v) is 11.5. The highest BCUT2D eigenvalue weighted by Crippen LogP contribution is 2.30. The third-order valence-corrected chi connectivity index (χ3v) is 3.88. The number of nitrogens with zero attached hydrogens (tertiary/aromatic N) is 1. The molecule has 2 aromatic rings. The van der Waals surface area contributed by atoms with Gasteiger partial charge in [-0.3, -0.25) is 0 Å². The highest BCUT2D eigenvalue weighted by atomic mass is 14.9. The van der Waals surface area contributed by atoms with E-state index in [2.05, 4.69) is 6.07 Å². The van der Waals surface area contributed by atoms with Crippen molar-refractivity contribution < 1.29 is 11.4 Å². The first-order valence-corrected chi connectivity index (χ1v) is 6.70. The highest BCUT2D eigenvalue weighted by molar-refractivity contribution is 5.66. The van der Waals surface area contributed by atoms with Crippen molar-refractivity contribution in [3.8, 4) is 11.3 Å². The molecule has 1 heteroatoms. The Kier molecular flexibility index (Phi) is 1.98. The van der Waals surface area contributed by atoms with Crippen LogP contribution in [-0.4, -0.2) is 0 Å². The molecule has 0 saturated heterocycles. The lowest BCUT2D eigenvalue weighted by atomic mass is 9.87. The Morgan fingerprint density at radius 3 is 2.95 bits per heavy atom. The standard InChI is InChI=1S/C18H22N/c1-13-8-9-16(14(2)12-13)18-17-7-5-4-6-15(17)10-11-19(18)3/h8-12H,4-7H2,1-3H3/q+1/i1D3,5D2. The second-order valence-electron chi connectivity index (χ2n) is 5.24. The van der Waals surface area contributed by atoms with Crippen LogP contribution in [0.15, 0.2) is 30.5 Å². The summed E-state index contributed by atoms with van der Waals surface area (Å²) in [6, 6.07) is 7.31. The van der Waals surface area contributed by atoms with E-state index in [1.165, 1.54) is 5.56 Å². The summed E-state index contributed by atoms with van der Waals surface area (Å²) in [6.45, 7) is -0.194. The number of fused-ring (bicyclic) bond motifs is 1. The van der Waals surface area contributed by atoms with Gasteiger partial charge in [0.1, 0.15) is 7.05 Å². The van der Waals surface area contributed by atoms with E-state index >= 15 is 0 Å². The van der Waals surface area contributed by atoms with Crippen LogP contribution >= 0.6 is 0 Å². The molecule has 1 heterocycles. The Labute approximate surface area is 122 Å². The molecule has 0 fully saturated rings. The van der Waals surface area contributed by atoms with Crippen LogP contribution in [0.25, 0.3) is 11.3 Å². The summed E-state index contributed by atoms with van der Waals surface area (Å²) in [5.74, 6) is 0. The molecule has 98 valence electrons. The Hall–Kier alpha value is -1.63. The van der Waals surface area contributed by atoms with Crippen LogP contribution in [0.5, 0.6) is 0 Å². The van der Waals surface area contributed by atoms with E-state index in [1.54, 1.807) is 12.1 Å². The molecule has 19 heavy (non-hydrogen) atoms. The van der Waals surface area contributed by atoms with Crippen LogP contribution in [0.2, 0.25) is 0 Å². The van der Waals surface area contributed by atoms with E-state index in [1.807, 2.05) is 30.8 Å². The molecule has 0 atom stereocenters. The van der Waals surface area contributed by atoms with Crippen molar-refractivity contribution in [2.24, 2.45) is 7.05 Å². The molecule has 1 aromatic carbocycles. The largest absolute Gasteiger partial charge is 0.216 e. The summed E-state index contributed by atoms with van der Waals surface area (Å²) < 4.78 is 41.0. The Balaban J connectivity index is 2.17. The predicted molar refractivity (Wildman–Crippen MR) is 79.2 cm³/mol. The van der Waals surface area contributed by atoms with E-state index in [0.29, 0.717) is 18.4 Å². The van der Waals surface area contributed by atoms with Crippen LogP contribution in [0, 0.1) is 13.8 Å². The molecule has 0 amide bonds. The molecule has 0 saturated carbocycles. The predicted octanol–water partition coefficient (Wildman–Crippen LogP) is 3.67. The minimum absolute atomic E-state index is 0.339. The SMILES string of the molecule is [2H]C1([2H])CCc2cc[n+](C)c(-c3ccc(C([2H])([2H])[2H])cc3C)c2C1. The minimum Gasteiger partial charge on any atom is -0.201 e. The van der Waals surface area contributed by atoms with Gasteiger partial charge in [0, 0.05) is 24.0 Å². The van der Waals surface area contributed by atoms with Gasteiger partial charge in [-0.1, -0.05) is 17.7 Å². The van der Waals surface area contributed by atoms with Crippen LogP contribution in [-0.2, 0) is 19.9 Å². The average Bonchev–Trinajstić information content (AvgIpc) is 2.46. The zero-order valence-electron chi connectivity index (χ0n) is 16.5. The molecule has 0 spiro atoms. The van der Waals surface area contributed by atoms with Gasteiger partial charge < -0.3 is 0 Å². The van der Waals surface area contributed by atoms with Crippen LogP contribution in [0.3, 0.4) is 0 Å². The van der Waals surface area contributed by atoms with Crippen molar-refractivity contribution in [1.82, 2.24) is 0 Å². The summed E-state index contributed by atoms with van der Waals surface area (Å²) in [6.07, 6.45) is 2.49. The third kappa shape index (κ3) is 2.18. The molecule has 1 aliphatic rings. The molecule has 0 aliphatic heterocycles. The molecule has 0 radical (unpaired) electrons. The van der Waals surface area contributed by atoms with Crippen molar-refractivity contribution >= 4 is 0 Å². The third-order valence-electron chi connectivity index (χ3n) is 3.88. The van der Waals surface area contributed by atoms with Crippen molar-refractivity contribution in [1.29, 1.82) is 0 Å². The normalized spacial score (nSPS) is 21.5. The molecule has 0 unspecified atom stereocenters. The second kappa shape index (κ2) is 4.80. The first-order valence-electron chi connectivity index (χ1n) is 9.20. The zero-order chi connectivity index (χ0) is 17.7. The number of hydrogen-bond acceptors (Lipinski definition) is 0. The summed E-state index contributed by atoms with van der Waals surface area (Å²) >= 11 is 0. The van der Waals surface area contributed by atoms with Crippen molar-refractivity contribution in [2.45, 2.75) is 39.4 Å². The number of aromatic nitrogens is 1. The summed E-state index contributed by atoms with van der Waals surface area (Å²) in [7, 11) is 1.96. The van der Waals surface area contributed by atoms with E-state index in [-0.39, 0.29) is 0 Å². The van der Waals surface area contributed by atoms with Gasteiger partial charge in [0.2, 0.25) is 5.69 Å². The molecule has 1 aromatic heterocycles. The van der Waals surface area contributed by atoms with Crippen molar-refractivity contribution in [3.63, 3.8) is 0 Å². The first kappa shape index (κ1) is 7.84. The van der Waals surface area contributed by atoms with Crippen LogP contribution < -0.4 is 4.57 Å². The molecule has 0 bridgehead atoms. The van der Waals surface area contributed by atoms with Gasteiger partial charge in [0.15, 0.2) is 6.20 Å². The summed E-state index contributed by atoms with van der Waals surface area (Å²) in [5.41, 5.74) is 5.44. The van der Waals surface area contributed by atoms with Gasteiger partial charge in [-0.2, -0.15) is 0 Å². The van der Waals surface area contributed by atoms with E-state index < -0.39 is 13.2 Å². The van der Waals surface area contributed by atoms with Gasteiger partial charge >= 0.3 is 0 Å². The molecule has 1 nitrogen and oxygen atoms in total. The van der Waals surface area contributed by atoms with Gasteiger partial charge in [0.05, 0.1) is 0 Å². The number of aryl methyl sites for hydroxylation is 4. The fourth-order valence-corrected chi connectivity index (χ4v) is 2.89. The fraction of sp³-hybridized carbons (Fsp3) is 0.389. The number of rotatable bonds is 1. The maximum atomic E-state index is 8.14. The molecule has 1 aliphatic carbocycles. The van der Waals surface area contributed by atoms with Gasteiger partial charge in [0.25, 0.3) is 0 Å². The van der Waals surface area contributed by atoms with E-state index in [9.17, 15) is 0 Å². The quantitative estimate of drug-likeness (QED) is 0.686. The lowest BCUT2D eigenvalue weighted by molar-refractivity contribution is -0.660. The number of hydrogen-bond donors (Lipinski definition) is 0. The lowest BCUT2D eigenvalue weighted by Gasteiger charge is -2.18. The Bertz CT molecular complexity index is 793. The maximum Gasteiger partial charge on any atom is 0.216 e. The topological polar surface area (TPSA) is 3.88 Å². The van der Waals surface area contributed by atoms with Crippen molar-refractivity contribution in [2.75, 3.05) is 0 Å². The molecule has 3 rings (SSSR count). The summed E-state index contributed by atoms with van der Waals surface area (Å²) in [5, 5.41) is 0. The van der Waals surface area contributed by atoms with Gasteiger partial charge in [-0.05, 0) is 56.6 Å². The fourth-order valence-electron chi connectivity index (χ4n) is 2.89. The smallest absolute Gasteiger partial charge is 0.201 e. The lowest BCUT2D eigenvalue weighted by Crippen LogP contribution is -2.33. The maximum absolute atomic E-state index is 8.14. The Morgan fingerprint density at radius 2 is 2.16 bits per heavy atom. The molecular formula is C18H22N+. The van der Waals surface area contributed by atoms with Crippen LogP contribution in [0.4, 0.5) is 0 Å². The van der Waals surface area contributed by atoms with Gasteiger partial charge in [-0.25, -0.2) is 4.57 Å². The number of benzene rings is 1. The van der Waals surface area contributed by atoms with E-state index in [4.69, 9.17) is 6.85 Å². The van der Waals surface area contributed by atoms with Crippen molar-refractivity contribution in [3.05, 3.63) is 52.7 Å². The molecule has 0 N–H and O–H groups in total. The van der Waals surface area contributed by atoms with E-state index in [0.717, 1.165) is 28.8 Å². The van der Waals surface area contributed by atoms with Crippen LogP contribution in [0.1, 0.15) is 41.9 Å². The number of pyridine rings is 1.